The van der Waals surface area contributed by atoms with Gasteiger partial charge in [0.2, 0.25) is 5.91 Å². The molecule has 0 aliphatic carbocycles. The van der Waals surface area contributed by atoms with Gasteiger partial charge in [0, 0.05) is 61.8 Å². The molecule has 1 fully saturated rings. The fourth-order valence-electron chi connectivity index (χ4n) is 4.47. The molecule has 0 radical (unpaired) electrons. The number of carbonyl (C=O) groups is 2. The maximum absolute atomic E-state index is 15.3. The molecule has 4 rings (SSSR count). The molecule has 0 bridgehead atoms. The fraction of sp³-hybridized carbons (Fsp3) is 0.417. The second-order valence-electron chi connectivity index (χ2n) is 9.20. The lowest BCUT2D eigenvalue weighted by molar-refractivity contribution is -0.124. The third kappa shape index (κ3) is 5.03. The number of dihydropyridines is 1. The van der Waals surface area contributed by atoms with Gasteiger partial charge in [-0.05, 0) is 33.0 Å². The monoisotopic (exact) mass is 506 g/mol. The number of anilines is 2. The van der Waals surface area contributed by atoms with E-state index >= 15 is 4.39 Å². The zero-order chi connectivity index (χ0) is 26.4. The van der Waals surface area contributed by atoms with Gasteiger partial charge in [-0.1, -0.05) is 0 Å². The largest absolute Gasteiger partial charge is 0.414 e. The van der Waals surface area contributed by atoms with Gasteiger partial charge in [0.1, 0.15) is 11.7 Å². The Kier molecular flexibility index (Phi) is 6.74. The van der Waals surface area contributed by atoms with Crippen LogP contribution in [-0.2, 0) is 16.6 Å². The second kappa shape index (κ2) is 9.49. The first kappa shape index (κ1) is 25.5. The molecule has 36 heavy (non-hydrogen) atoms. The smallest absolute Gasteiger partial charge is 0.367 e. The van der Waals surface area contributed by atoms with E-state index in [1.807, 2.05) is 25.8 Å². The highest BCUT2D eigenvalue weighted by Gasteiger charge is 2.43. The zero-order valence-electron chi connectivity index (χ0n) is 20.2. The van der Waals surface area contributed by atoms with Crippen LogP contribution in [0.2, 0.25) is 0 Å². The van der Waals surface area contributed by atoms with Crippen molar-refractivity contribution >= 4 is 29.4 Å². The van der Waals surface area contributed by atoms with Gasteiger partial charge in [-0.15, -0.1) is 0 Å². The molecule has 1 unspecified atom stereocenters. The first-order chi connectivity index (χ1) is 16.8. The molecule has 1 N–H and O–H groups in total. The van der Waals surface area contributed by atoms with Crippen LogP contribution in [0.25, 0.3) is 11.1 Å². The minimum Gasteiger partial charge on any atom is -0.367 e. The van der Waals surface area contributed by atoms with E-state index in [4.69, 9.17) is 0 Å². The first-order valence-electron chi connectivity index (χ1n) is 11.3. The summed E-state index contributed by atoms with van der Waals surface area (Å²) in [5.74, 6) is -4.51. The summed E-state index contributed by atoms with van der Waals surface area (Å²) in [4.78, 5) is 32.0. The van der Waals surface area contributed by atoms with Gasteiger partial charge in [0.25, 0.3) is 5.91 Å². The molecule has 8 nitrogen and oxygen atoms in total. The van der Waals surface area contributed by atoms with Crippen LogP contribution in [0.5, 0.6) is 0 Å². The van der Waals surface area contributed by atoms with Gasteiger partial charge in [-0.25, -0.2) is 9.38 Å². The van der Waals surface area contributed by atoms with E-state index in [1.165, 1.54) is 23.0 Å². The van der Waals surface area contributed by atoms with Crippen molar-refractivity contribution in [1.29, 1.82) is 0 Å². The highest BCUT2D eigenvalue weighted by molar-refractivity contribution is 6.11. The number of benzene rings is 1. The van der Waals surface area contributed by atoms with Crippen LogP contribution in [0.4, 0.5) is 28.9 Å². The Hall–Kier alpha value is -3.54. The van der Waals surface area contributed by atoms with Crippen LogP contribution in [0, 0.1) is 11.7 Å². The number of amides is 2. The van der Waals surface area contributed by atoms with Crippen molar-refractivity contribution in [1.82, 2.24) is 14.7 Å². The summed E-state index contributed by atoms with van der Waals surface area (Å²) in [6, 6.07) is 2.89. The number of piperazine rings is 1. The summed E-state index contributed by atoms with van der Waals surface area (Å²) >= 11 is 0. The minimum absolute atomic E-state index is 0.106. The van der Waals surface area contributed by atoms with E-state index in [0.717, 1.165) is 0 Å². The second-order valence-corrected chi connectivity index (χ2v) is 9.20. The number of alkyl halides is 3. The number of halogens is 4. The molecule has 2 aliphatic rings. The van der Waals surface area contributed by atoms with Crippen molar-refractivity contribution in [2.45, 2.75) is 32.1 Å². The summed E-state index contributed by atoms with van der Waals surface area (Å²) in [7, 11) is 3.65. The molecule has 192 valence electrons. The molecule has 2 aromatic rings. The number of nitrogens with one attached hydrogen (secondary N) is 1. The van der Waals surface area contributed by atoms with Crippen LogP contribution >= 0.6 is 0 Å². The number of aliphatic imine (C=N–C) groups is 1. The lowest BCUT2D eigenvalue weighted by Crippen LogP contribution is -2.55. The third-order valence-electron chi connectivity index (χ3n) is 6.63. The molecule has 1 aromatic heterocycles. The van der Waals surface area contributed by atoms with Crippen molar-refractivity contribution in [2.75, 3.05) is 30.4 Å². The average Bonchev–Trinajstić information content (AvgIpc) is 3.23. The molecular formula is C24H26F4N6O2. The van der Waals surface area contributed by atoms with E-state index < -0.39 is 35.3 Å². The number of hydrogen-bond acceptors (Lipinski definition) is 5. The quantitative estimate of drug-likeness (QED) is 0.643. The lowest BCUT2D eigenvalue weighted by atomic mass is 9.95. The van der Waals surface area contributed by atoms with Crippen molar-refractivity contribution in [2.24, 2.45) is 18.0 Å². The Morgan fingerprint density at radius 3 is 2.39 bits per heavy atom. The van der Waals surface area contributed by atoms with Gasteiger partial charge >= 0.3 is 6.18 Å². The minimum atomic E-state index is -4.90. The zero-order valence-corrected chi connectivity index (χ0v) is 20.2. The van der Waals surface area contributed by atoms with Gasteiger partial charge in [-0.2, -0.15) is 18.3 Å². The van der Waals surface area contributed by atoms with Crippen molar-refractivity contribution in [3.63, 3.8) is 0 Å². The molecule has 2 amide bonds. The van der Waals surface area contributed by atoms with Crippen LogP contribution in [-0.4, -0.2) is 71.1 Å². The van der Waals surface area contributed by atoms with Crippen molar-refractivity contribution in [3.8, 4) is 11.1 Å². The molecule has 12 heteroatoms. The molecule has 3 heterocycles. The number of nitrogens with zero attached hydrogens (tertiary/aromatic N) is 5. The number of likely N-dealkylation sites (N-methyl/N-ethyl adjacent to an activating group) is 1. The molecule has 2 aliphatic heterocycles. The number of hydrogen-bond donors (Lipinski definition) is 1. The maximum atomic E-state index is 15.3. The standard InChI is InChI=1S/C24H26F4N6O2/c1-13-10-34(11-14(2)33(13)4)21-7-19(25)16(15-8-30-32(3)12-15)5-20(21)31-23(36)17-9-29-22(35)6-18(17)24(26,27)28/h5-9,12-14,17H,10-11H2,1-4H3,(H,31,36)/t13-,14+,17?. The van der Waals surface area contributed by atoms with Crippen LogP contribution < -0.4 is 10.2 Å². The Bertz CT molecular complexity index is 1240. The van der Waals surface area contributed by atoms with Crippen LogP contribution in [0.15, 0.2) is 41.2 Å². The van der Waals surface area contributed by atoms with Crippen molar-refractivity contribution < 1.29 is 27.2 Å². The van der Waals surface area contributed by atoms with E-state index in [1.54, 1.807) is 13.2 Å². The Morgan fingerprint density at radius 2 is 1.81 bits per heavy atom. The molecule has 1 aromatic carbocycles. The first-order valence-corrected chi connectivity index (χ1v) is 11.3. The lowest BCUT2D eigenvalue weighted by Gasteiger charge is -2.44. The van der Waals surface area contributed by atoms with E-state index in [-0.39, 0.29) is 23.3 Å². The van der Waals surface area contributed by atoms with Crippen LogP contribution in [0.3, 0.4) is 0 Å². The molecule has 1 saturated heterocycles. The fourth-order valence-corrected chi connectivity index (χ4v) is 4.47. The molecule has 0 saturated carbocycles. The average molecular weight is 507 g/mol. The number of rotatable bonds is 4. The summed E-state index contributed by atoms with van der Waals surface area (Å²) in [6.07, 6.45) is -0.855. The molecular weight excluding hydrogens is 480 g/mol. The van der Waals surface area contributed by atoms with Gasteiger partial charge < -0.3 is 10.2 Å². The van der Waals surface area contributed by atoms with Gasteiger partial charge in [0.05, 0.1) is 23.1 Å². The van der Waals surface area contributed by atoms with Gasteiger partial charge in [0.15, 0.2) is 0 Å². The number of aromatic nitrogens is 2. The highest BCUT2D eigenvalue weighted by atomic mass is 19.4. The van der Waals surface area contributed by atoms with Crippen LogP contribution in [0.1, 0.15) is 13.8 Å². The van der Waals surface area contributed by atoms with E-state index in [2.05, 4.69) is 20.3 Å². The third-order valence-corrected chi connectivity index (χ3v) is 6.63. The summed E-state index contributed by atoms with van der Waals surface area (Å²) in [5.41, 5.74) is -0.231. The Balaban J connectivity index is 1.75. The number of carbonyl (C=O) groups excluding carboxylic acids is 2. The van der Waals surface area contributed by atoms with Crippen molar-refractivity contribution in [3.05, 3.63) is 42.0 Å². The highest BCUT2D eigenvalue weighted by Crippen LogP contribution is 2.38. The Morgan fingerprint density at radius 1 is 1.14 bits per heavy atom. The maximum Gasteiger partial charge on any atom is 0.414 e. The molecule has 0 spiro atoms. The number of aryl methyl sites for hydroxylation is 1. The SMILES string of the molecule is C[C@@H]1CN(c2cc(F)c(-c3cnn(C)c3)cc2NC(=O)C2C=NC(=O)C=C2C(F)(F)F)C[C@H](C)N1C. The molecule has 3 atom stereocenters. The summed E-state index contributed by atoms with van der Waals surface area (Å²) < 4.78 is 57.5. The normalized spacial score (nSPS) is 23.1. The summed E-state index contributed by atoms with van der Waals surface area (Å²) in [5, 5.41) is 6.60. The van der Waals surface area contributed by atoms with Gasteiger partial charge in [-0.3, -0.25) is 19.2 Å². The Labute approximate surface area is 205 Å². The summed E-state index contributed by atoms with van der Waals surface area (Å²) in [6.45, 7) is 5.05. The predicted molar refractivity (Wildman–Crippen MR) is 127 cm³/mol. The predicted octanol–water partition coefficient (Wildman–Crippen LogP) is 3.41. The van der Waals surface area contributed by atoms with E-state index in [9.17, 15) is 22.8 Å². The topological polar surface area (TPSA) is 82.8 Å². The van der Waals surface area contributed by atoms with E-state index in [0.29, 0.717) is 36.6 Å².